The fourth-order valence-corrected chi connectivity index (χ4v) is 12.7. The number of nitrogens with zero attached hydrogens (tertiary/aromatic N) is 2. The van der Waals surface area contributed by atoms with E-state index in [1.54, 1.807) is 13.8 Å². The molecule has 0 aliphatic heterocycles. The molecule has 0 saturated heterocycles. The third kappa shape index (κ3) is 5.70. The number of ether oxygens (including phenoxy) is 1. The second-order valence-corrected chi connectivity index (χ2v) is 19.7. The van der Waals surface area contributed by atoms with Gasteiger partial charge in [-0.3, -0.25) is 19.2 Å². The van der Waals surface area contributed by atoms with Crippen LogP contribution < -0.4 is 5.32 Å². The Morgan fingerprint density at radius 3 is 2.33 bits per heavy atom. The molecule has 0 bridgehead atoms. The van der Waals surface area contributed by atoms with Crippen LogP contribution in [-0.2, 0) is 19.1 Å². The number of aliphatic carboxylic acids is 1. The molecule has 7 rings (SSSR count). The summed E-state index contributed by atoms with van der Waals surface area (Å²) < 4.78 is 12.0. The number of ketones is 1. The minimum absolute atomic E-state index is 0.0130. The molecule has 2 aromatic rings. The van der Waals surface area contributed by atoms with Crippen molar-refractivity contribution in [1.29, 1.82) is 0 Å². The van der Waals surface area contributed by atoms with Crippen molar-refractivity contribution in [2.75, 3.05) is 0 Å². The average Bonchev–Trinajstić information content (AvgIpc) is 3.70. The highest BCUT2D eigenvalue weighted by molar-refractivity contribution is 5.96. The van der Waals surface area contributed by atoms with Crippen molar-refractivity contribution in [1.82, 2.24) is 15.5 Å². The summed E-state index contributed by atoms with van der Waals surface area (Å²) in [5.41, 5.74) is 0.813. The largest absolute Gasteiger partial charge is 0.481 e. The summed E-state index contributed by atoms with van der Waals surface area (Å²) in [5, 5.41) is 21.2. The summed E-state index contributed by atoms with van der Waals surface area (Å²) in [6.07, 6.45) is 6.95. The summed E-state index contributed by atoms with van der Waals surface area (Å²) >= 11 is 0. The zero-order valence-electron chi connectivity index (χ0n) is 33.6. The van der Waals surface area contributed by atoms with E-state index >= 15 is 0 Å². The minimum atomic E-state index is -1.18. The lowest BCUT2D eigenvalue weighted by Gasteiger charge is -2.70. The molecule has 2 N–H and O–H groups in total. The molecular formula is C44H59N3O7. The van der Waals surface area contributed by atoms with Crippen molar-refractivity contribution in [2.24, 2.45) is 50.7 Å². The predicted molar refractivity (Wildman–Crippen MR) is 203 cm³/mol. The molecule has 10 heteroatoms. The first kappa shape index (κ1) is 38.5. The van der Waals surface area contributed by atoms with E-state index in [1.165, 1.54) is 5.57 Å². The van der Waals surface area contributed by atoms with Gasteiger partial charge in [0.1, 0.15) is 11.9 Å². The van der Waals surface area contributed by atoms with Crippen molar-refractivity contribution in [3.8, 4) is 11.5 Å². The quantitative estimate of drug-likeness (QED) is 0.200. The van der Waals surface area contributed by atoms with Gasteiger partial charge in [0.2, 0.25) is 5.89 Å². The van der Waals surface area contributed by atoms with Gasteiger partial charge in [-0.15, -0.1) is 10.2 Å². The molecule has 292 valence electrons. The third-order valence-corrected chi connectivity index (χ3v) is 15.7. The minimum Gasteiger partial charge on any atom is -0.481 e. The van der Waals surface area contributed by atoms with E-state index in [4.69, 9.17) is 9.15 Å². The van der Waals surface area contributed by atoms with Gasteiger partial charge in [0.25, 0.3) is 0 Å². The Labute approximate surface area is 319 Å². The second kappa shape index (κ2) is 12.9. The van der Waals surface area contributed by atoms with Crippen LogP contribution in [-0.4, -0.2) is 50.6 Å². The Balaban J connectivity index is 1.19. The van der Waals surface area contributed by atoms with Crippen molar-refractivity contribution in [3.05, 3.63) is 47.4 Å². The fraction of sp³-hybridized carbons (Fsp3) is 0.682. The van der Waals surface area contributed by atoms with E-state index < -0.39 is 28.8 Å². The highest BCUT2D eigenvalue weighted by Crippen LogP contribution is 2.75. The van der Waals surface area contributed by atoms with Gasteiger partial charge in [-0.1, -0.05) is 72.2 Å². The summed E-state index contributed by atoms with van der Waals surface area (Å²) in [4.78, 5) is 52.9. The highest BCUT2D eigenvalue weighted by atomic mass is 16.5. The Bertz CT molecular complexity index is 1900. The van der Waals surface area contributed by atoms with Crippen molar-refractivity contribution < 1.29 is 33.4 Å². The average molecular weight is 742 g/mol. The number of esters is 1. The van der Waals surface area contributed by atoms with Crippen LogP contribution in [0.25, 0.3) is 11.5 Å². The van der Waals surface area contributed by atoms with E-state index in [0.717, 1.165) is 56.1 Å². The molecule has 1 aromatic carbocycles. The summed E-state index contributed by atoms with van der Waals surface area (Å²) in [5.74, 6) is -0.932. The molecular weight excluding hydrogens is 682 g/mol. The first-order valence-electron chi connectivity index (χ1n) is 20.1. The monoisotopic (exact) mass is 741 g/mol. The van der Waals surface area contributed by atoms with Crippen molar-refractivity contribution in [3.63, 3.8) is 0 Å². The molecule has 1 aromatic heterocycles. The lowest BCUT2D eigenvalue weighted by Crippen LogP contribution is -2.65. The number of allylic oxidation sites excluding steroid dienone is 1. The Morgan fingerprint density at radius 2 is 1.67 bits per heavy atom. The normalized spacial score (nSPS) is 35.8. The van der Waals surface area contributed by atoms with Gasteiger partial charge in [0.15, 0.2) is 0 Å². The number of carbonyl (C=O) groups is 4. The van der Waals surface area contributed by atoms with Crippen LogP contribution in [0.15, 0.2) is 45.9 Å². The Morgan fingerprint density at radius 1 is 0.963 bits per heavy atom. The number of amides is 1. The van der Waals surface area contributed by atoms with Crippen LogP contribution in [0.2, 0.25) is 0 Å². The van der Waals surface area contributed by atoms with Crippen LogP contribution in [0.4, 0.5) is 0 Å². The number of nitrogens with one attached hydrogen (secondary N) is 1. The number of rotatable bonds is 8. The molecule has 4 saturated carbocycles. The van der Waals surface area contributed by atoms with Crippen LogP contribution >= 0.6 is 0 Å². The van der Waals surface area contributed by atoms with E-state index in [-0.39, 0.29) is 70.0 Å². The molecule has 1 heterocycles. The van der Waals surface area contributed by atoms with Gasteiger partial charge in [-0.2, -0.15) is 0 Å². The molecule has 10 nitrogen and oxygen atoms in total. The number of Topliss-reactive ketones (excluding diaryl/α,β-unsaturated/α-hetero) is 1. The molecule has 54 heavy (non-hydrogen) atoms. The maximum atomic E-state index is 14.1. The van der Waals surface area contributed by atoms with Gasteiger partial charge in [-0.25, -0.2) is 0 Å². The Hall–Kier alpha value is -3.82. The first-order valence-corrected chi connectivity index (χ1v) is 20.1. The van der Waals surface area contributed by atoms with Crippen molar-refractivity contribution >= 4 is 23.6 Å². The standard InChI is InChI=1S/C44H59N3O7/c1-25(2)33-28(48)23-44(45-35(50)37-47-46-36(54-37)26-13-11-10-12-14-26)22-21-42(8)27(34(33)44)15-16-30-41(7)19-18-31(53-32(49)24-39(3,4)38(51)52)40(5,6)29(41)17-20-43(30,42)9/h10-14,25,29-31,33H,15-24H2,1-9H3,(H,45,50)(H,51,52)/t29?,30?,31-,33?,41-,42+,43+,44+/m0/s1. The number of hydrogen-bond acceptors (Lipinski definition) is 8. The molecule has 0 spiro atoms. The molecule has 5 aliphatic rings. The molecule has 1 amide bonds. The van der Waals surface area contributed by atoms with Gasteiger partial charge in [0.05, 0.1) is 17.4 Å². The summed E-state index contributed by atoms with van der Waals surface area (Å²) in [6, 6.07) is 9.38. The lowest BCUT2D eigenvalue weighted by molar-refractivity contribution is -0.214. The predicted octanol–water partition coefficient (Wildman–Crippen LogP) is 8.61. The van der Waals surface area contributed by atoms with Gasteiger partial charge >= 0.3 is 23.7 Å². The molecule has 0 radical (unpaired) electrons. The zero-order chi connectivity index (χ0) is 39.2. The number of carboxylic acid groups (broad SMARTS) is 1. The van der Waals surface area contributed by atoms with Crippen LogP contribution in [0.1, 0.15) is 137 Å². The number of carbonyl (C=O) groups excluding carboxylic acids is 3. The van der Waals surface area contributed by atoms with Gasteiger partial charge in [0, 0.05) is 23.3 Å². The summed E-state index contributed by atoms with van der Waals surface area (Å²) in [6.45, 7) is 19.3. The van der Waals surface area contributed by atoms with E-state index in [2.05, 4.69) is 64.0 Å². The molecule has 3 unspecified atom stereocenters. The van der Waals surface area contributed by atoms with Crippen LogP contribution in [0.5, 0.6) is 0 Å². The zero-order valence-corrected chi connectivity index (χ0v) is 33.6. The maximum Gasteiger partial charge on any atom is 0.309 e. The van der Waals surface area contributed by atoms with E-state index in [1.807, 2.05) is 30.3 Å². The smallest absolute Gasteiger partial charge is 0.309 e. The first-order chi connectivity index (χ1) is 25.2. The molecule has 5 aliphatic carbocycles. The molecule has 4 fully saturated rings. The van der Waals surface area contributed by atoms with Gasteiger partial charge < -0.3 is 19.6 Å². The number of carboxylic acids is 1. The SMILES string of the molecule is CC(C)C1C(=O)C[C@]2(NC(=O)c3nnc(-c4ccccc4)o3)CC[C@]3(C)C(=C12)CCC1[C@@]2(C)CC[C@H](OC(=O)CC(C)(C)C(=O)O)C(C)(C)C2CC[C@]13C. The van der Waals surface area contributed by atoms with Crippen LogP contribution in [0.3, 0.4) is 0 Å². The second-order valence-electron chi connectivity index (χ2n) is 19.7. The van der Waals surface area contributed by atoms with Crippen molar-refractivity contribution in [2.45, 2.75) is 138 Å². The highest BCUT2D eigenvalue weighted by Gasteiger charge is 2.69. The third-order valence-electron chi connectivity index (χ3n) is 15.7. The number of hydrogen-bond donors (Lipinski definition) is 2. The summed E-state index contributed by atoms with van der Waals surface area (Å²) in [7, 11) is 0. The topological polar surface area (TPSA) is 149 Å². The fourth-order valence-electron chi connectivity index (χ4n) is 12.7. The van der Waals surface area contributed by atoms with Gasteiger partial charge in [-0.05, 0) is 117 Å². The number of aromatic nitrogens is 2. The number of fused-ring (bicyclic) bond motifs is 6. The Kier molecular flexibility index (Phi) is 9.17. The van der Waals surface area contributed by atoms with E-state index in [0.29, 0.717) is 18.3 Å². The van der Waals surface area contributed by atoms with E-state index in [9.17, 15) is 24.3 Å². The van der Waals surface area contributed by atoms with Crippen LogP contribution in [0, 0.1) is 50.7 Å². The lowest BCUT2D eigenvalue weighted by atomic mass is 9.34. The molecule has 8 atom stereocenters. The number of benzene rings is 1. The maximum absolute atomic E-state index is 14.1.